The minimum absolute atomic E-state index is 0.0311. The number of amides is 1. The number of rotatable bonds is 10. The molecule has 0 atom stereocenters. The number of carbonyl (C=O) groups excluding carboxylic acids is 1. The fourth-order valence-corrected chi connectivity index (χ4v) is 4.35. The molecular weight excluding hydrogens is 455 g/mol. The highest BCUT2D eigenvalue weighted by Crippen LogP contribution is 2.39. The molecule has 1 aliphatic rings. The molecule has 4 rings (SSSR count). The second-order valence-electron chi connectivity index (χ2n) is 8.17. The van der Waals surface area contributed by atoms with Crippen molar-refractivity contribution in [1.29, 1.82) is 0 Å². The number of nitrogens with two attached hydrogens (primary N) is 2. The number of benzene rings is 1. The molecule has 10 heteroatoms. The number of carbonyl (C=O) groups is 1. The minimum Gasteiger partial charge on any atom is -0.491 e. The van der Waals surface area contributed by atoms with Gasteiger partial charge in [0.1, 0.15) is 11.3 Å². The number of hydrogen-bond acceptors (Lipinski definition) is 7. The molecule has 0 saturated heterocycles. The summed E-state index contributed by atoms with van der Waals surface area (Å²) in [6, 6.07) is 7.46. The third-order valence-corrected chi connectivity index (χ3v) is 6.42. The fraction of sp³-hybridized carbons (Fsp3) is 0.333. The molecule has 1 aliphatic carbocycles. The van der Waals surface area contributed by atoms with Crippen LogP contribution in [-0.2, 0) is 17.9 Å². The average molecular weight is 485 g/mol. The Morgan fingerprint density at radius 1 is 1.35 bits per heavy atom. The van der Waals surface area contributed by atoms with Crippen LogP contribution in [-0.4, -0.2) is 33.2 Å². The summed E-state index contributed by atoms with van der Waals surface area (Å²) < 4.78 is 22.1. The molecule has 1 fully saturated rings. The number of fused-ring (bicyclic) bond motifs is 1. The first-order valence-electron chi connectivity index (χ1n) is 11.1. The summed E-state index contributed by atoms with van der Waals surface area (Å²) in [6.07, 6.45) is 9.68. The van der Waals surface area contributed by atoms with Gasteiger partial charge < -0.3 is 25.2 Å². The average Bonchev–Trinajstić information content (AvgIpc) is 3.59. The van der Waals surface area contributed by atoms with Crippen molar-refractivity contribution < 1.29 is 13.9 Å². The number of thioether (sulfide) groups is 1. The Morgan fingerprint density at radius 3 is 2.85 bits per heavy atom. The molecule has 0 bridgehead atoms. The van der Waals surface area contributed by atoms with E-state index >= 15 is 0 Å². The van der Waals surface area contributed by atoms with Crippen molar-refractivity contribution >= 4 is 23.3 Å². The number of ether oxygens (including phenoxy) is 1. The molecule has 0 spiro atoms. The Kier molecular flexibility index (Phi) is 7.28. The van der Waals surface area contributed by atoms with Crippen molar-refractivity contribution in [1.82, 2.24) is 19.7 Å². The smallest absolute Gasteiger partial charge is 0.268 e. The second kappa shape index (κ2) is 10.4. The highest BCUT2D eigenvalue weighted by molar-refractivity contribution is 7.98. The maximum Gasteiger partial charge on any atom is 0.268 e. The monoisotopic (exact) mass is 484 g/mol. The molecule has 0 radical (unpaired) electrons. The lowest BCUT2D eigenvalue weighted by atomic mass is 10.2. The van der Waals surface area contributed by atoms with Crippen molar-refractivity contribution in [3.8, 4) is 5.75 Å². The zero-order valence-electron chi connectivity index (χ0n) is 19.3. The molecule has 180 valence electrons. The van der Waals surface area contributed by atoms with Crippen LogP contribution in [0, 0.1) is 5.82 Å². The SMILES string of the molecule is CCOc1ccc(SC)c(CNC(=O)/C(N)=C/N(N)Cc2cn3cc(C4CC4)ccc3n2)c1F. The van der Waals surface area contributed by atoms with Gasteiger partial charge in [-0.2, -0.15) is 0 Å². The predicted octanol–water partition coefficient (Wildman–Crippen LogP) is 3.26. The number of nitrogens with zero attached hydrogens (tertiary/aromatic N) is 3. The molecular formula is C24H29FN6O2S. The third kappa shape index (κ3) is 5.45. The predicted molar refractivity (Wildman–Crippen MR) is 130 cm³/mol. The number of halogens is 1. The molecule has 1 saturated carbocycles. The van der Waals surface area contributed by atoms with Gasteiger partial charge in [-0.25, -0.2) is 15.2 Å². The van der Waals surface area contributed by atoms with Crippen LogP contribution in [0.5, 0.6) is 5.75 Å². The summed E-state index contributed by atoms with van der Waals surface area (Å²) >= 11 is 1.39. The van der Waals surface area contributed by atoms with Gasteiger partial charge in [-0.15, -0.1) is 11.8 Å². The fourth-order valence-electron chi connectivity index (χ4n) is 3.74. The van der Waals surface area contributed by atoms with Crippen LogP contribution in [0.2, 0.25) is 0 Å². The van der Waals surface area contributed by atoms with Crippen LogP contribution in [0.25, 0.3) is 5.65 Å². The van der Waals surface area contributed by atoms with Crippen LogP contribution in [0.4, 0.5) is 4.39 Å². The molecule has 0 aliphatic heterocycles. The van der Waals surface area contributed by atoms with Crippen LogP contribution in [0.3, 0.4) is 0 Å². The van der Waals surface area contributed by atoms with E-state index in [4.69, 9.17) is 16.3 Å². The van der Waals surface area contributed by atoms with Crippen LogP contribution < -0.4 is 21.6 Å². The van der Waals surface area contributed by atoms with E-state index < -0.39 is 11.7 Å². The molecule has 2 heterocycles. The number of hydrazine groups is 1. The summed E-state index contributed by atoms with van der Waals surface area (Å²) in [4.78, 5) is 17.8. The molecule has 5 N–H and O–H groups in total. The quantitative estimate of drug-likeness (QED) is 0.175. The molecule has 2 aromatic heterocycles. The van der Waals surface area contributed by atoms with Gasteiger partial charge in [-0.1, -0.05) is 6.07 Å². The lowest BCUT2D eigenvalue weighted by Gasteiger charge is -2.15. The zero-order chi connectivity index (χ0) is 24.2. The van der Waals surface area contributed by atoms with Gasteiger partial charge in [0.05, 0.1) is 18.8 Å². The highest BCUT2D eigenvalue weighted by atomic mass is 32.2. The summed E-state index contributed by atoms with van der Waals surface area (Å²) in [6.45, 7) is 2.37. The normalized spacial score (nSPS) is 13.8. The Bertz CT molecular complexity index is 1220. The number of nitrogens with one attached hydrogen (secondary N) is 1. The van der Waals surface area contributed by atoms with E-state index in [-0.39, 0.29) is 24.5 Å². The minimum atomic E-state index is -0.548. The van der Waals surface area contributed by atoms with Gasteiger partial charge in [-0.3, -0.25) is 4.79 Å². The van der Waals surface area contributed by atoms with Gasteiger partial charge >= 0.3 is 0 Å². The third-order valence-electron chi connectivity index (χ3n) is 5.59. The van der Waals surface area contributed by atoms with E-state index in [0.29, 0.717) is 23.0 Å². The summed E-state index contributed by atoms with van der Waals surface area (Å²) in [7, 11) is 0. The largest absolute Gasteiger partial charge is 0.491 e. The van der Waals surface area contributed by atoms with Crippen molar-refractivity contribution in [3.63, 3.8) is 0 Å². The number of imidazole rings is 1. The van der Waals surface area contributed by atoms with E-state index in [9.17, 15) is 9.18 Å². The van der Waals surface area contributed by atoms with E-state index in [1.807, 2.05) is 22.9 Å². The van der Waals surface area contributed by atoms with Gasteiger partial charge in [-0.05, 0) is 55.7 Å². The first-order chi connectivity index (χ1) is 16.4. The number of pyridine rings is 1. The van der Waals surface area contributed by atoms with E-state index in [0.717, 1.165) is 11.3 Å². The van der Waals surface area contributed by atoms with E-state index in [1.54, 1.807) is 19.1 Å². The number of aromatic nitrogens is 2. The first-order valence-corrected chi connectivity index (χ1v) is 12.3. The Morgan fingerprint density at radius 2 is 2.15 bits per heavy atom. The Labute approximate surface area is 202 Å². The topological polar surface area (TPSA) is 111 Å². The summed E-state index contributed by atoms with van der Waals surface area (Å²) in [5.41, 5.74) is 9.09. The van der Waals surface area contributed by atoms with Crippen molar-refractivity contribution in [3.05, 3.63) is 71.2 Å². The molecule has 34 heavy (non-hydrogen) atoms. The zero-order valence-corrected chi connectivity index (χ0v) is 20.1. The standard InChI is InChI=1S/C24H29FN6O2S/c1-3-33-20-7-8-21(34-2)18(23(20)25)10-28-24(32)19(26)14-31(27)13-17-12-30-11-16(15-4-5-15)6-9-22(30)29-17/h6-9,11-12,14-15H,3-5,10,13,26-27H2,1-2H3,(H,28,32)/b19-14-. The van der Waals surface area contributed by atoms with E-state index in [2.05, 4.69) is 22.6 Å². The summed E-state index contributed by atoms with van der Waals surface area (Å²) in [5.74, 6) is 5.82. The molecule has 1 amide bonds. The van der Waals surface area contributed by atoms with Crippen molar-refractivity contribution in [2.45, 2.75) is 43.7 Å². The van der Waals surface area contributed by atoms with Crippen molar-refractivity contribution in [2.75, 3.05) is 12.9 Å². The van der Waals surface area contributed by atoms with Gasteiger partial charge in [0, 0.05) is 35.6 Å². The maximum absolute atomic E-state index is 14.8. The van der Waals surface area contributed by atoms with Gasteiger partial charge in [0.25, 0.3) is 5.91 Å². The second-order valence-corrected chi connectivity index (χ2v) is 9.01. The molecule has 3 aromatic rings. The maximum atomic E-state index is 14.8. The Balaban J connectivity index is 1.38. The molecule has 8 nitrogen and oxygen atoms in total. The van der Waals surface area contributed by atoms with Crippen LogP contribution >= 0.6 is 11.8 Å². The van der Waals surface area contributed by atoms with Gasteiger partial charge in [0.2, 0.25) is 0 Å². The van der Waals surface area contributed by atoms with Crippen LogP contribution in [0.15, 0.2) is 53.5 Å². The van der Waals surface area contributed by atoms with Crippen LogP contribution in [0.1, 0.15) is 42.5 Å². The number of hydrogen-bond donors (Lipinski definition) is 3. The van der Waals surface area contributed by atoms with Gasteiger partial charge in [0.15, 0.2) is 11.6 Å². The van der Waals surface area contributed by atoms with E-state index in [1.165, 1.54) is 41.4 Å². The molecule has 0 unspecified atom stereocenters. The highest BCUT2D eigenvalue weighted by Gasteiger charge is 2.23. The lowest BCUT2D eigenvalue weighted by molar-refractivity contribution is -0.117. The Hall–Kier alpha value is -3.24. The summed E-state index contributed by atoms with van der Waals surface area (Å²) in [5, 5.41) is 3.96. The lowest BCUT2D eigenvalue weighted by Crippen LogP contribution is -2.32. The van der Waals surface area contributed by atoms with Crippen molar-refractivity contribution in [2.24, 2.45) is 11.6 Å². The molecule has 1 aromatic carbocycles. The first kappa shape index (κ1) is 23.9.